The molecule has 0 radical (unpaired) electrons. The fourth-order valence-corrected chi connectivity index (χ4v) is 3.65. The van der Waals surface area contributed by atoms with Crippen molar-refractivity contribution in [2.75, 3.05) is 50.1 Å². The van der Waals surface area contributed by atoms with Crippen LogP contribution in [0.5, 0.6) is 0 Å². The quantitative estimate of drug-likeness (QED) is 0.816. The first kappa shape index (κ1) is 17.7. The minimum atomic E-state index is -0.457. The number of benzene rings is 1. The summed E-state index contributed by atoms with van der Waals surface area (Å²) in [5.41, 5.74) is 2.57. The van der Waals surface area contributed by atoms with Crippen LogP contribution in [0.15, 0.2) is 36.7 Å². The van der Waals surface area contributed by atoms with Gasteiger partial charge in [-0.1, -0.05) is 24.3 Å². The minimum absolute atomic E-state index is 0.0658. The summed E-state index contributed by atoms with van der Waals surface area (Å²) in [5, 5.41) is 0. The highest BCUT2D eigenvalue weighted by Crippen LogP contribution is 2.22. The maximum Gasteiger partial charge on any atom is 0.253 e. The van der Waals surface area contributed by atoms with Crippen molar-refractivity contribution in [1.29, 1.82) is 0 Å². The van der Waals surface area contributed by atoms with Crippen molar-refractivity contribution in [2.24, 2.45) is 0 Å². The molecule has 1 aromatic carbocycles. The molecule has 1 amide bonds. The molecule has 0 N–H and O–H groups in total. The van der Waals surface area contributed by atoms with Gasteiger partial charge >= 0.3 is 0 Å². The lowest BCUT2D eigenvalue weighted by Gasteiger charge is -2.37. The second-order valence-corrected chi connectivity index (χ2v) is 7.21. The lowest BCUT2D eigenvalue weighted by Crippen LogP contribution is -2.52. The van der Waals surface area contributed by atoms with E-state index in [1.165, 1.54) is 11.1 Å². The Hall–Kier alpha value is -2.67. The SMILES string of the molecule is CN(C)c1cc(N2CCOC(C(=O)N3CCc4ccccc4C3)C2)ncn1. The number of carbonyl (C=O) groups is 1. The molecule has 0 saturated carbocycles. The molecule has 0 bridgehead atoms. The summed E-state index contributed by atoms with van der Waals surface area (Å²) in [6.45, 7) is 3.15. The molecule has 0 spiro atoms. The molecule has 2 aliphatic heterocycles. The average molecular weight is 367 g/mol. The molecule has 1 unspecified atom stereocenters. The van der Waals surface area contributed by atoms with E-state index in [1.807, 2.05) is 36.0 Å². The summed E-state index contributed by atoms with van der Waals surface area (Å²) in [6.07, 6.45) is 2.01. The van der Waals surface area contributed by atoms with E-state index in [9.17, 15) is 4.79 Å². The van der Waals surface area contributed by atoms with Gasteiger partial charge in [-0.05, 0) is 17.5 Å². The molecule has 0 aliphatic carbocycles. The molecule has 7 heteroatoms. The third-order valence-corrected chi connectivity index (χ3v) is 5.20. The predicted molar refractivity (Wildman–Crippen MR) is 104 cm³/mol. The highest BCUT2D eigenvalue weighted by Gasteiger charge is 2.32. The van der Waals surface area contributed by atoms with Crippen molar-refractivity contribution in [3.8, 4) is 0 Å². The Morgan fingerprint density at radius 3 is 2.81 bits per heavy atom. The van der Waals surface area contributed by atoms with E-state index in [0.717, 1.165) is 31.1 Å². The maximum absolute atomic E-state index is 13.0. The number of anilines is 2. The first-order valence-corrected chi connectivity index (χ1v) is 9.33. The normalized spacial score (nSPS) is 19.6. The van der Waals surface area contributed by atoms with Gasteiger partial charge < -0.3 is 19.4 Å². The summed E-state index contributed by atoms with van der Waals surface area (Å²) in [6, 6.07) is 10.3. The Morgan fingerprint density at radius 1 is 1.19 bits per heavy atom. The van der Waals surface area contributed by atoms with Gasteiger partial charge in [-0.15, -0.1) is 0 Å². The Bertz CT molecular complexity index is 826. The Morgan fingerprint density at radius 2 is 2.00 bits per heavy atom. The van der Waals surface area contributed by atoms with Crippen LogP contribution in [0.3, 0.4) is 0 Å². The van der Waals surface area contributed by atoms with E-state index < -0.39 is 6.10 Å². The Balaban J connectivity index is 1.45. The van der Waals surface area contributed by atoms with Crippen LogP contribution in [0.4, 0.5) is 11.6 Å². The van der Waals surface area contributed by atoms with Gasteiger partial charge in [0.1, 0.15) is 18.0 Å². The topological polar surface area (TPSA) is 61.8 Å². The zero-order chi connectivity index (χ0) is 18.8. The van der Waals surface area contributed by atoms with Crippen molar-refractivity contribution < 1.29 is 9.53 Å². The van der Waals surface area contributed by atoms with Crippen LogP contribution < -0.4 is 9.80 Å². The number of hydrogen-bond donors (Lipinski definition) is 0. The number of rotatable bonds is 3. The number of carbonyl (C=O) groups excluding carboxylic acids is 1. The van der Waals surface area contributed by atoms with Gasteiger partial charge in [0.05, 0.1) is 13.2 Å². The van der Waals surface area contributed by atoms with Gasteiger partial charge in [0.2, 0.25) is 0 Å². The molecular weight excluding hydrogens is 342 g/mol. The van der Waals surface area contributed by atoms with Gasteiger partial charge in [-0.25, -0.2) is 9.97 Å². The fraction of sp³-hybridized carbons (Fsp3) is 0.450. The van der Waals surface area contributed by atoms with Gasteiger partial charge in [0.25, 0.3) is 5.91 Å². The van der Waals surface area contributed by atoms with Crippen LogP contribution in [0, 0.1) is 0 Å². The van der Waals surface area contributed by atoms with Crippen molar-refractivity contribution in [3.05, 3.63) is 47.8 Å². The van der Waals surface area contributed by atoms with E-state index in [1.54, 1.807) is 6.33 Å². The lowest BCUT2D eigenvalue weighted by molar-refractivity contribution is -0.145. The van der Waals surface area contributed by atoms with Gasteiger partial charge in [-0.3, -0.25) is 4.79 Å². The molecule has 1 aromatic heterocycles. The second-order valence-electron chi connectivity index (χ2n) is 7.21. The third-order valence-electron chi connectivity index (χ3n) is 5.20. The summed E-state index contributed by atoms with van der Waals surface area (Å²) < 4.78 is 5.82. The van der Waals surface area contributed by atoms with Crippen LogP contribution in [-0.2, 0) is 22.5 Å². The van der Waals surface area contributed by atoms with Crippen LogP contribution in [0.1, 0.15) is 11.1 Å². The molecule has 3 heterocycles. The zero-order valence-electron chi connectivity index (χ0n) is 15.8. The molecule has 2 aliphatic rings. The number of fused-ring (bicyclic) bond motifs is 1. The van der Waals surface area contributed by atoms with Crippen LogP contribution in [-0.4, -0.2) is 67.2 Å². The lowest BCUT2D eigenvalue weighted by atomic mass is 9.99. The maximum atomic E-state index is 13.0. The van der Waals surface area contributed by atoms with Crippen LogP contribution in [0.25, 0.3) is 0 Å². The van der Waals surface area contributed by atoms with Crippen LogP contribution >= 0.6 is 0 Å². The van der Waals surface area contributed by atoms with Gasteiger partial charge in [-0.2, -0.15) is 0 Å². The first-order chi connectivity index (χ1) is 13.1. The second kappa shape index (κ2) is 7.52. The van der Waals surface area contributed by atoms with E-state index >= 15 is 0 Å². The standard InChI is InChI=1S/C20H25N5O2/c1-23(2)18-11-19(22-14-21-18)24-9-10-27-17(13-24)20(26)25-8-7-15-5-3-4-6-16(15)12-25/h3-6,11,14,17H,7-10,12-13H2,1-2H3. The van der Waals surface area contributed by atoms with Crippen molar-refractivity contribution in [1.82, 2.24) is 14.9 Å². The van der Waals surface area contributed by atoms with E-state index in [2.05, 4.69) is 33.1 Å². The summed E-state index contributed by atoms with van der Waals surface area (Å²) >= 11 is 0. The highest BCUT2D eigenvalue weighted by molar-refractivity contribution is 5.82. The molecule has 4 rings (SSSR count). The smallest absolute Gasteiger partial charge is 0.253 e. The van der Waals surface area contributed by atoms with Crippen molar-refractivity contribution in [2.45, 2.75) is 19.1 Å². The van der Waals surface area contributed by atoms with Crippen LogP contribution in [0.2, 0.25) is 0 Å². The van der Waals surface area contributed by atoms with Gasteiger partial charge in [0.15, 0.2) is 6.10 Å². The number of morpholine rings is 1. The van der Waals surface area contributed by atoms with Crippen molar-refractivity contribution >= 4 is 17.5 Å². The monoisotopic (exact) mass is 367 g/mol. The molecule has 27 heavy (non-hydrogen) atoms. The average Bonchev–Trinajstić information content (AvgIpc) is 2.73. The summed E-state index contributed by atoms with van der Waals surface area (Å²) in [4.78, 5) is 27.7. The summed E-state index contributed by atoms with van der Waals surface area (Å²) in [5.74, 6) is 1.75. The Kier molecular flexibility index (Phi) is 4.94. The highest BCUT2D eigenvalue weighted by atomic mass is 16.5. The number of ether oxygens (including phenoxy) is 1. The molecule has 7 nitrogen and oxygen atoms in total. The van der Waals surface area contributed by atoms with E-state index in [-0.39, 0.29) is 5.91 Å². The van der Waals surface area contributed by atoms with E-state index in [0.29, 0.717) is 19.7 Å². The zero-order valence-corrected chi connectivity index (χ0v) is 15.8. The van der Waals surface area contributed by atoms with E-state index in [4.69, 9.17) is 4.74 Å². The first-order valence-electron chi connectivity index (χ1n) is 9.33. The number of amides is 1. The molecular formula is C20H25N5O2. The largest absolute Gasteiger partial charge is 0.365 e. The molecule has 1 saturated heterocycles. The Labute approximate surface area is 159 Å². The molecule has 142 valence electrons. The minimum Gasteiger partial charge on any atom is -0.365 e. The predicted octanol–water partition coefficient (Wildman–Crippen LogP) is 1.33. The van der Waals surface area contributed by atoms with Gasteiger partial charge in [0, 0.05) is 39.8 Å². The number of aromatic nitrogens is 2. The van der Waals surface area contributed by atoms with Crippen molar-refractivity contribution in [3.63, 3.8) is 0 Å². The number of nitrogens with zero attached hydrogens (tertiary/aromatic N) is 5. The number of hydrogen-bond acceptors (Lipinski definition) is 6. The fourth-order valence-electron chi connectivity index (χ4n) is 3.65. The molecule has 2 aromatic rings. The third kappa shape index (κ3) is 3.73. The summed E-state index contributed by atoms with van der Waals surface area (Å²) in [7, 11) is 3.90. The molecule has 1 atom stereocenters. The molecule has 1 fully saturated rings.